The van der Waals surface area contributed by atoms with Crippen molar-refractivity contribution in [2.45, 2.75) is 115 Å². The maximum Gasteiger partial charge on any atom is 0.408 e. The van der Waals surface area contributed by atoms with E-state index in [-0.39, 0.29) is 23.1 Å². The van der Waals surface area contributed by atoms with Crippen LogP contribution in [0.2, 0.25) is 5.02 Å². The van der Waals surface area contributed by atoms with Gasteiger partial charge in [0.1, 0.15) is 11.4 Å². The highest BCUT2D eigenvalue weighted by atomic mass is 35.5. The highest BCUT2D eigenvalue weighted by Crippen LogP contribution is 2.53. The fourth-order valence-corrected chi connectivity index (χ4v) is 10.4. The second-order valence-electron chi connectivity index (χ2n) is 16.8. The summed E-state index contributed by atoms with van der Waals surface area (Å²) in [6.45, 7) is 11.0. The van der Waals surface area contributed by atoms with Crippen molar-refractivity contribution in [3.8, 4) is 16.1 Å². The Hall–Kier alpha value is -4.05. The molecule has 8 rings (SSSR count). The molecule has 288 valence electrons. The number of piperidine rings is 1. The van der Waals surface area contributed by atoms with E-state index in [1.807, 2.05) is 45.3 Å². The number of rotatable bonds is 10. The van der Waals surface area contributed by atoms with Crippen molar-refractivity contribution in [3.05, 3.63) is 110 Å². The zero-order valence-corrected chi connectivity index (χ0v) is 34.1. The Morgan fingerprint density at radius 2 is 1.80 bits per heavy atom. The number of nitrogens with zero attached hydrogens (tertiary/aromatic N) is 4. The maximum atomic E-state index is 13.3. The number of alkyl carbamates (subject to hydrolysis) is 1. The van der Waals surface area contributed by atoms with Crippen molar-refractivity contribution in [2.75, 3.05) is 19.6 Å². The number of hydrogen-bond acceptors (Lipinski definition) is 7. The van der Waals surface area contributed by atoms with Crippen LogP contribution in [0.3, 0.4) is 0 Å². The number of carbonyl (C=O) groups excluding carboxylic acids is 1. The van der Waals surface area contributed by atoms with Crippen molar-refractivity contribution in [2.24, 2.45) is 0 Å². The molecule has 1 aliphatic carbocycles. The van der Waals surface area contributed by atoms with Gasteiger partial charge in [0.15, 0.2) is 0 Å². The summed E-state index contributed by atoms with van der Waals surface area (Å²) in [5.74, 6) is 1.42. The molecule has 4 heterocycles. The number of ether oxygens (including phenoxy) is 1. The number of unbranched alkanes of at least 4 members (excludes halogenated alkanes) is 2. The van der Waals surface area contributed by atoms with Crippen molar-refractivity contribution >= 4 is 39.9 Å². The number of hydrogen-bond donors (Lipinski definition) is 1. The zero-order chi connectivity index (χ0) is 38.3. The smallest absolute Gasteiger partial charge is 0.408 e. The van der Waals surface area contributed by atoms with Gasteiger partial charge in [0, 0.05) is 0 Å². The van der Waals surface area contributed by atoms with Crippen LogP contribution in [0, 0.1) is 6.92 Å². The van der Waals surface area contributed by atoms with Gasteiger partial charge in [0.2, 0.25) is 0 Å². The number of aryl methyl sites for hydroxylation is 1. The van der Waals surface area contributed by atoms with E-state index in [1.54, 1.807) is 17.4 Å². The first-order chi connectivity index (χ1) is 26.5. The lowest BCUT2D eigenvalue weighted by atomic mass is 9.77. The third kappa shape index (κ3) is 7.60. The van der Waals surface area contributed by atoms with Crippen LogP contribution in [0.5, 0.6) is 0 Å². The fraction of sp³-hybridized carbons (Fsp3) is 0.467. The molecule has 2 aromatic heterocycles. The van der Waals surface area contributed by atoms with Crippen LogP contribution in [0.15, 0.2) is 71.0 Å². The van der Waals surface area contributed by atoms with Crippen LogP contribution in [-0.2, 0) is 10.2 Å². The van der Waals surface area contributed by atoms with E-state index in [4.69, 9.17) is 21.3 Å². The van der Waals surface area contributed by atoms with Crippen LogP contribution in [0.25, 0.3) is 27.0 Å². The quantitative estimate of drug-likeness (QED) is 0.142. The van der Waals surface area contributed by atoms with E-state index in [2.05, 4.69) is 62.2 Å². The minimum absolute atomic E-state index is 0.112. The molecule has 3 aromatic carbocycles. The molecule has 55 heavy (non-hydrogen) atoms. The van der Waals surface area contributed by atoms with Gasteiger partial charge in [-0.25, -0.2) is 9.78 Å². The number of carbonyl (C=O) groups is 1. The summed E-state index contributed by atoms with van der Waals surface area (Å²) in [5, 5.41) is 4.13. The van der Waals surface area contributed by atoms with Gasteiger partial charge in [-0.3, -0.25) is 9.36 Å². The largest absolute Gasteiger partial charge is 0.444 e. The molecule has 5 aromatic rings. The minimum atomic E-state index is -0.552. The molecule has 1 spiro atoms. The van der Waals surface area contributed by atoms with Crippen molar-refractivity contribution in [1.82, 2.24) is 24.8 Å². The lowest BCUT2D eigenvalue weighted by molar-refractivity contribution is 0.0500. The van der Waals surface area contributed by atoms with E-state index >= 15 is 0 Å². The standard InChI is InChI=1S/C45H52ClN5O3S/c1-29-40(55-28-47-29)32-16-14-31(15-17-32)36(48-43(53)54-44(2,3)4)12-6-5-9-24-50-25-20-30(21-26-50)33-18-19-37-34(27-33)45(22-7-8-23-45)42-49-41(52)39-35(46)11-10-13-38(39)51(37)42/h10-11,13-19,27-28,30,36H,5-9,12,20-26H2,1-4H3,(H,48,53). The summed E-state index contributed by atoms with van der Waals surface area (Å²) in [6.07, 6.45) is 10.4. The number of benzene rings is 3. The molecule has 3 aliphatic rings. The van der Waals surface area contributed by atoms with Crippen molar-refractivity contribution in [1.29, 1.82) is 0 Å². The molecule has 0 radical (unpaired) electrons. The number of fused-ring (bicyclic) bond motifs is 7. The normalized spacial score (nSPS) is 17.4. The molecule has 8 nitrogen and oxygen atoms in total. The Bertz CT molecular complexity index is 2240. The molecule has 1 saturated carbocycles. The summed E-state index contributed by atoms with van der Waals surface area (Å²) in [5.41, 5.74) is 8.97. The molecule has 2 aliphatic heterocycles. The molecule has 1 N–H and O–H groups in total. The Morgan fingerprint density at radius 3 is 2.51 bits per heavy atom. The molecule has 1 unspecified atom stereocenters. The van der Waals surface area contributed by atoms with Gasteiger partial charge in [-0.1, -0.05) is 79.7 Å². The second-order valence-corrected chi connectivity index (χ2v) is 18.1. The topological polar surface area (TPSA) is 89.4 Å². The third-order valence-electron chi connectivity index (χ3n) is 12.1. The number of halogens is 1. The van der Waals surface area contributed by atoms with Crippen molar-refractivity contribution < 1.29 is 9.53 Å². The van der Waals surface area contributed by atoms with Gasteiger partial charge in [-0.2, -0.15) is 4.98 Å². The Labute approximate surface area is 333 Å². The lowest BCUT2D eigenvalue weighted by Crippen LogP contribution is -2.35. The number of likely N-dealkylation sites (tertiary alicyclic amines) is 1. The van der Waals surface area contributed by atoms with E-state index in [0.717, 1.165) is 118 Å². The monoisotopic (exact) mass is 777 g/mol. The van der Waals surface area contributed by atoms with E-state index in [0.29, 0.717) is 16.3 Å². The number of nitrogens with one attached hydrogen (secondary N) is 1. The summed E-state index contributed by atoms with van der Waals surface area (Å²) >= 11 is 8.19. The predicted molar refractivity (Wildman–Crippen MR) is 223 cm³/mol. The summed E-state index contributed by atoms with van der Waals surface area (Å²) < 4.78 is 7.87. The summed E-state index contributed by atoms with van der Waals surface area (Å²) in [7, 11) is 0. The molecule has 2 fully saturated rings. The van der Waals surface area contributed by atoms with Crippen LogP contribution < -0.4 is 10.9 Å². The first kappa shape index (κ1) is 37.9. The molecular formula is C45H52ClN5O3S. The molecule has 1 atom stereocenters. The average Bonchev–Trinajstić information content (AvgIpc) is 3.89. The van der Waals surface area contributed by atoms with E-state index in [9.17, 15) is 9.59 Å². The van der Waals surface area contributed by atoms with Crippen LogP contribution >= 0.6 is 22.9 Å². The number of aromatic nitrogens is 3. The van der Waals surface area contributed by atoms with Crippen LogP contribution in [0.1, 0.15) is 125 Å². The average molecular weight is 778 g/mol. The second kappa shape index (κ2) is 15.5. The van der Waals surface area contributed by atoms with Gasteiger partial charge < -0.3 is 15.0 Å². The Balaban J connectivity index is 0.877. The maximum absolute atomic E-state index is 13.3. The van der Waals surface area contributed by atoms with Gasteiger partial charge in [-0.15, -0.1) is 11.3 Å². The van der Waals surface area contributed by atoms with Gasteiger partial charge in [-0.05, 0) is 132 Å². The summed E-state index contributed by atoms with van der Waals surface area (Å²) in [6, 6.07) is 21.2. The lowest BCUT2D eigenvalue weighted by Gasteiger charge is -2.33. The minimum Gasteiger partial charge on any atom is -0.444 e. The Kier molecular flexibility index (Phi) is 10.6. The fourth-order valence-electron chi connectivity index (χ4n) is 9.34. The Morgan fingerprint density at radius 1 is 1.04 bits per heavy atom. The zero-order valence-electron chi connectivity index (χ0n) is 32.5. The van der Waals surface area contributed by atoms with Crippen LogP contribution in [-0.4, -0.2) is 50.8 Å². The van der Waals surface area contributed by atoms with E-state index < -0.39 is 5.60 Å². The number of thiazole rings is 1. The van der Waals surface area contributed by atoms with Gasteiger partial charge in [0.05, 0.1) is 49.2 Å². The van der Waals surface area contributed by atoms with Crippen molar-refractivity contribution in [3.63, 3.8) is 0 Å². The molecule has 10 heteroatoms. The highest BCUT2D eigenvalue weighted by molar-refractivity contribution is 7.13. The van der Waals surface area contributed by atoms with Gasteiger partial charge >= 0.3 is 6.09 Å². The third-order valence-corrected chi connectivity index (χ3v) is 13.4. The van der Waals surface area contributed by atoms with Gasteiger partial charge in [0.25, 0.3) is 5.56 Å². The molecular weight excluding hydrogens is 726 g/mol. The SMILES string of the molecule is Cc1ncsc1-c1ccc(C(CCCCCN2CCC(c3ccc4c(c3)C3(CCCC3)c3nc(=O)c5c(Cl)cccc5n3-4)CC2)NC(=O)OC(C)(C)C)cc1. The summed E-state index contributed by atoms with van der Waals surface area (Å²) in [4.78, 5) is 39.1. The van der Waals surface area contributed by atoms with E-state index in [1.165, 1.54) is 16.0 Å². The molecule has 1 amide bonds. The number of amides is 1. The first-order valence-corrected chi connectivity index (χ1v) is 21.4. The first-order valence-electron chi connectivity index (χ1n) is 20.1. The molecule has 0 bridgehead atoms. The molecule has 1 saturated heterocycles. The predicted octanol–water partition coefficient (Wildman–Crippen LogP) is 10.7. The highest BCUT2D eigenvalue weighted by Gasteiger charge is 2.48. The van der Waals surface area contributed by atoms with Crippen LogP contribution in [0.4, 0.5) is 4.79 Å².